The summed E-state index contributed by atoms with van der Waals surface area (Å²) in [5, 5.41) is 0.587. The molecule has 104 valence electrons. The van der Waals surface area contributed by atoms with Gasteiger partial charge in [0.15, 0.2) is 6.29 Å². The predicted molar refractivity (Wildman–Crippen MR) is 82.5 cm³/mol. The van der Waals surface area contributed by atoms with Crippen molar-refractivity contribution >= 4 is 23.6 Å². The molecule has 1 aromatic carbocycles. The Morgan fingerprint density at radius 3 is 2.65 bits per heavy atom. The van der Waals surface area contributed by atoms with Gasteiger partial charge in [0, 0.05) is 17.8 Å². The lowest BCUT2D eigenvalue weighted by molar-refractivity contribution is 0.112. The summed E-state index contributed by atoms with van der Waals surface area (Å²) < 4.78 is 0. The summed E-state index contributed by atoms with van der Waals surface area (Å²) in [5.74, 6) is 0. The monoisotopic (exact) mass is 288 g/mol. The van der Waals surface area contributed by atoms with Gasteiger partial charge in [-0.05, 0) is 38.1 Å². The zero-order chi connectivity index (χ0) is 14.5. The van der Waals surface area contributed by atoms with Gasteiger partial charge in [0.05, 0.1) is 22.9 Å². The molecule has 0 saturated heterocycles. The Morgan fingerprint density at radius 1 is 1.25 bits per heavy atom. The average Bonchev–Trinajstić information content (AvgIpc) is 2.45. The number of aromatic nitrogens is 1. The van der Waals surface area contributed by atoms with Crippen LogP contribution in [0, 0.1) is 6.92 Å². The van der Waals surface area contributed by atoms with Crippen LogP contribution in [0.1, 0.15) is 28.7 Å². The number of rotatable bonds is 5. The van der Waals surface area contributed by atoms with Crippen LogP contribution in [0.3, 0.4) is 0 Å². The molecular formula is C16H17ClN2O. The fourth-order valence-corrected chi connectivity index (χ4v) is 2.49. The molecule has 0 saturated carbocycles. The summed E-state index contributed by atoms with van der Waals surface area (Å²) in [4.78, 5) is 17.8. The highest BCUT2D eigenvalue weighted by atomic mass is 35.5. The second kappa shape index (κ2) is 6.53. The molecule has 0 N–H and O–H groups in total. The van der Waals surface area contributed by atoms with Crippen molar-refractivity contribution in [2.75, 3.05) is 11.4 Å². The Kier molecular flexibility index (Phi) is 4.74. The zero-order valence-corrected chi connectivity index (χ0v) is 12.4. The van der Waals surface area contributed by atoms with Crippen molar-refractivity contribution in [1.29, 1.82) is 0 Å². The van der Waals surface area contributed by atoms with E-state index in [1.165, 1.54) is 0 Å². The number of halogens is 1. The Morgan fingerprint density at radius 2 is 2.00 bits per heavy atom. The second-order valence-electron chi connectivity index (χ2n) is 4.58. The maximum atomic E-state index is 11.2. The van der Waals surface area contributed by atoms with Gasteiger partial charge < -0.3 is 4.90 Å². The fraction of sp³-hybridized carbons (Fsp3) is 0.250. The van der Waals surface area contributed by atoms with E-state index in [0.717, 1.165) is 29.9 Å². The highest BCUT2D eigenvalue weighted by molar-refractivity contribution is 6.33. The molecule has 0 fully saturated rings. The number of benzene rings is 1. The number of aryl methyl sites for hydroxylation is 1. The quantitative estimate of drug-likeness (QED) is 0.783. The lowest BCUT2D eigenvalue weighted by atomic mass is 10.1. The summed E-state index contributed by atoms with van der Waals surface area (Å²) in [6.45, 7) is 5.38. The van der Waals surface area contributed by atoms with Gasteiger partial charge in [0.25, 0.3) is 0 Å². The first kappa shape index (κ1) is 14.5. The first-order chi connectivity index (χ1) is 9.65. The number of carbonyl (C=O) groups is 1. The largest absolute Gasteiger partial charge is 0.364 e. The van der Waals surface area contributed by atoms with Crippen molar-refractivity contribution in [1.82, 2.24) is 4.98 Å². The van der Waals surface area contributed by atoms with Gasteiger partial charge >= 0.3 is 0 Å². The number of aldehydes is 1. The standard InChI is InChI=1S/C16H17ClN2O/c1-3-19(10-14-8-4-6-12(2)18-14)16-13(11-20)7-5-9-15(16)17/h4-9,11H,3,10H2,1-2H3. The van der Waals surface area contributed by atoms with Crippen LogP contribution in [-0.4, -0.2) is 17.8 Å². The van der Waals surface area contributed by atoms with Crippen molar-refractivity contribution in [3.8, 4) is 0 Å². The van der Waals surface area contributed by atoms with E-state index in [1.54, 1.807) is 18.2 Å². The molecule has 3 nitrogen and oxygen atoms in total. The first-order valence-corrected chi connectivity index (χ1v) is 6.94. The molecule has 0 amide bonds. The van der Waals surface area contributed by atoms with Crippen LogP contribution in [0.25, 0.3) is 0 Å². The Hall–Kier alpha value is -1.87. The third kappa shape index (κ3) is 3.17. The Balaban J connectivity index is 2.36. The summed E-state index contributed by atoms with van der Waals surface area (Å²) in [5.41, 5.74) is 3.32. The van der Waals surface area contributed by atoms with Crippen molar-refractivity contribution in [2.24, 2.45) is 0 Å². The minimum atomic E-state index is 0.587. The van der Waals surface area contributed by atoms with Gasteiger partial charge in [-0.1, -0.05) is 23.7 Å². The van der Waals surface area contributed by atoms with E-state index in [0.29, 0.717) is 17.1 Å². The molecule has 0 unspecified atom stereocenters. The van der Waals surface area contributed by atoms with Crippen LogP contribution in [0.4, 0.5) is 5.69 Å². The van der Waals surface area contributed by atoms with Crippen LogP contribution in [0.2, 0.25) is 5.02 Å². The van der Waals surface area contributed by atoms with E-state index in [2.05, 4.69) is 9.88 Å². The van der Waals surface area contributed by atoms with Gasteiger partial charge in [-0.15, -0.1) is 0 Å². The molecule has 0 radical (unpaired) electrons. The summed E-state index contributed by atoms with van der Waals surface area (Å²) in [6, 6.07) is 11.3. The lowest BCUT2D eigenvalue weighted by Crippen LogP contribution is -2.24. The third-order valence-corrected chi connectivity index (χ3v) is 3.45. The van der Waals surface area contributed by atoms with Crippen molar-refractivity contribution < 1.29 is 4.79 Å². The summed E-state index contributed by atoms with van der Waals surface area (Å²) in [7, 11) is 0. The molecule has 1 heterocycles. The topological polar surface area (TPSA) is 33.2 Å². The van der Waals surface area contributed by atoms with E-state index < -0.39 is 0 Å². The van der Waals surface area contributed by atoms with Crippen LogP contribution in [0.5, 0.6) is 0 Å². The normalized spacial score (nSPS) is 10.3. The Labute approximate surface area is 124 Å². The van der Waals surface area contributed by atoms with Gasteiger partial charge in [-0.25, -0.2) is 0 Å². The molecule has 0 aliphatic rings. The van der Waals surface area contributed by atoms with E-state index in [1.807, 2.05) is 32.0 Å². The van der Waals surface area contributed by atoms with Crippen molar-refractivity contribution in [3.05, 3.63) is 58.4 Å². The highest BCUT2D eigenvalue weighted by Gasteiger charge is 2.14. The van der Waals surface area contributed by atoms with Crippen molar-refractivity contribution in [2.45, 2.75) is 20.4 Å². The van der Waals surface area contributed by atoms with Crippen molar-refractivity contribution in [3.63, 3.8) is 0 Å². The molecule has 1 aromatic heterocycles. The van der Waals surface area contributed by atoms with E-state index in [9.17, 15) is 4.79 Å². The highest BCUT2D eigenvalue weighted by Crippen LogP contribution is 2.29. The van der Waals surface area contributed by atoms with Gasteiger partial charge in [0.2, 0.25) is 0 Å². The molecule has 0 aliphatic carbocycles. The number of carbonyl (C=O) groups excluding carboxylic acids is 1. The number of anilines is 1. The molecule has 2 rings (SSSR count). The maximum Gasteiger partial charge on any atom is 0.152 e. The first-order valence-electron chi connectivity index (χ1n) is 6.57. The summed E-state index contributed by atoms with van der Waals surface area (Å²) in [6.07, 6.45) is 0.841. The zero-order valence-electron chi connectivity index (χ0n) is 11.6. The number of hydrogen-bond donors (Lipinski definition) is 0. The molecule has 0 atom stereocenters. The van der Waals surface area contributed by atoms with Crippen LogP contribution in [-0.2, 0) is 6.54 Å². The fourth-order valence-electron chi connectivity index (χ4n) is 2.19. The van der Waals surface area contributed by atoms with Crippen LogP contribution < -0.4 is 4.90 Å². The van der Waals surface area contributed by atoms with Crippen LogP contribution >= 0.6 is 11.6 Å². The molecular weight excluding hydrogens is 272 g/mol. The van der Waals surface area contributed by atoms with Gasteiger partial charge in [0.1, 0.15) is 0 Å². The molecule has 20 heavy (non-hydrogen) atoms. The number of pyridine rings is 1. The molecule has 2 aromatic rings. The van der Waals surface area contributed by atoms with E-state index >= 15 is 0 Å². The number of hydrogen-bond acceptors (Lipinski definition) is 3. The third-order valence-electron chi connectivity index (χ3n) is 3.14. The maximum absolute atomic E-state index is 11.2. The number of para-hydroxylation sites is 1. The minimum Gasteiger partial charge on any atom is -0.364 e. The van der Waals surface area contributed by atoms with E-state index in [4.69, 9.17) is 11.6 Å². The smallest absolute Gasteiger partial charge is 0.152 e. The van der Waals surface area contributed by atoms with E-state index in [-0.39, 0.29) is 0 Å². The summed E-state index contributed by atoms with van der Waals surface area (Å²) >= 11 is 6.26. The molecule has 0 aliphatic heterocycles. The average molecular weight is 289 g/mol. The predicted octanol–water partition coefficient (Wildman–Crippen LogP) is 3.88. The SMILES string of the molecule is CCN(Cc1cccc(C)n1)c1c(Cl)cccc1C=O. The Bertz CT molecular complexity index is 613. The van der Waals surface area contributed by atoms with Crippen LogP contribution in [0.15, 0.2) is 36.4 Å². The molecule has 0 bridgehead atoms. The number of nitrogens with zero attached hydrogens (tertiary/aromatic N) is 2. The molecule has 0 spiro atoms. The van der Waals surface area contributed by atoms with Gasteiger partial charge in [-0.3, -0.25) is 9.78 Å². The minimum absolute atomic E-state index is 0.587. The van der Waals surface area contributed by atoms with Gasteiger partial charge in [-0.2, -0.15) is 0 Å². The second-order valence-corrected chi connectivity index (χ2v) is 4.99. The molecule has 4 heteroatoms. The lowest BCUT2D eigenvalue weighted by Gasteiger charge is -2.25.